The fourth-order valence-corrected chi connectivity index (χ4v) is 3.74. The summed E-state index contributed by atoms with van der Waals surface area (Å²) in [4.78, 5) is 30.6. The van der Waals surface area contributed by atoms with Crippen LogP contribution in [0.5, 0.6) is 0 Å². The van der Waals surface area contributed by atoms with Gasteiger partial charge in [-0.15, -0.1) is 0 Å². The van der Waals surface area contributed by atoms with Gasteiger partial charge in [0.15, 0.2) is 0 Å². The minimum atomic E-state index is -4.41. The van der Waals surface area contributed by atoms with E-state index >= 15 is 0 Å². The number of rotatable bonds is 6. The van der Waals surface area contributed by atoms with Gasteiger partial charge in [0.1, 0.15) is 24.3 Å². The van der Waals surface area contributed by atoms with Crippen LogP contribution in [0, 0.1) is 6.92 Å². The Morgan fingerprint density at radius 2 is 1.86 bits per heavy atom. The molecule has 1 amide bonds. The second kappa shape index (κ2) is 9.45. The zero-order valence-corrected chi connectivity index (χ0v) is 19.1. The molecule has 184 valence electrons. The van der Waals surface area contributed by atoms with Crippen molar-refractivity contribution in [1.29, 1.82) is 0 Å². The third-order valence-electron chi connectivity index (χ3n) is 5.62. The number of aromatic nitrogens is 4. The van der Waals surface area contributed by atoms with Gasteiger partial charge in [-0.05, 0) is 44.0 Å². The number of carbonyl (C=O) groups excluding carboxylic acids is 1. The highest BCUT2D eigenvalue weighted by Crippen LogP contribution is 2.34. The van der Waals surface area contributed by atoms with Gasteiger partial charge in [-0.3, -0.25) is 4.90 Å². The van der Waals surface area contributed by atoms with Gasteiger partial charge < -0.3 is 15.2 Å². The molecule has 2 unspecified atom stereocenters. The van der Waals surface area contributed by atoms with E-state index < -0.39 is 36.0 Å². The van der Waals surface area contributed by atoms with E-state index in [4.69, 9.17) is 4.74 Å². The number of amides is 1. The van der Waals surface area contributed by atoms with Gasteiger partial charge in [0.25, 0.3) is 0 Å². The summed E-state index contributed by atoms with van der Waals surface area (Å²) in [5.41, 5.74) is 0.586. The minimum Gasteiger partial charge on any atom is -0.447 e. The Morgan fingerprint density at radius 3 is 2.49 bits per heavy atom. The van der Waals surface area contributed by atoms with E-state index in [0.29, 0.717) is 17.0 Å². The summed E-state index contributed by atoms with van der Waals surface area (Å²) in [5, 5.41) is 13.0. The third kappa shape index (κ3) is 5.16. The van der Waals surface area contributed by atoms with Crippen LogP contribution in [0.15, 0.2) is 42.9 Å². The summed E-state index contributed by atoms with van der Waals surface area (Å²) in [6, 6.07) is 4.44. The molecule has 0 aliphatic carbocycles. The third-order valence-corrected chi connectivity index (χ3v) is 5.62. The Bertz CT molecular complexity index is 1220. The summed E-state index contributed by atoms with van der Waals surface area (Å²) in [6.45, 7) is 4.82. The van der Waals surface area contributed by atoms with E-state index in [9.17, 15) is 23.1 Å². The van der Waals surface area contributed by atoms with Crippen LogP contribution >= 0.6 is 0 Å². The number of hydrogen-bond acceptors (Lipinski definition) is 8. The molecule has 3 aromatic rings. The molecule has 0 spiro atoms. The number of nitrogens with zero attached hydrogens (tertiary/aromatic N) is 5. The topological polar surface area (TPSA) is 113 Å². The molecule has 3 atom stereocenters. The molecule has 1 fully saturated rings. The number of ether oxygens (including phenoxy) is 1. The van der Waals surface area contributed by atoms with Gasteiger partial charge in [0.05, 0.1) is 17.7 Å². The van der Waals surface area contributed by atoms with Crippen molar-refractivity contribution in [2.24, 2.45) is 0 Å². The molecule has 0 saturated carbocycles. The summed E-state index contributed by atoms with van der Waals surface area (Å²) < 4.78 is 44.1. The van der Waals surface area contributed by atoms with Gasteiger partial charge in [-0.2, -0.15) is 18.2 Å². The van der Waals surface area contributed by atoms with Gasteiger partial charge in [0.2, 0.25) is 5.95 Å². The number of carbonyl (C=O) groups is 1. The molecule has 1 aromatic carbocycles. The molecule has 2 aromatic heterocycles. The number of anilines is 2. The van der Waals surface area contributed by atoms with Crippen molar-refractivity contribution in [3.63, 3.8) is 0 Å². The number of alkyl halides is 3. The predicted octanol–water partition coefficient (Wildman–Crippen LogP) is 4.14. The number of aliphatic hydroxyl groups excluding tert-OH is 1. The minimum absolute atomic E-state index is 0.0539. The fraction of sp³-hybridized carbons (Fsp3) is 0.348. The van der Waals surface area contributed by atoms with Crippen LogP contribution in [-0.2, 0) is 10.9 Å². The van der Waals surface area contributed by atoms with Crippen LogP contribution in [0.1, 0.15) is 36.8 Å². The molecule has 9 nitrogen and oxygen atoms in total. The monoisotopic (exact) mass is 488 g/mol. The second-order valence-corrected chi connectivity index (χ2v) is 8.22. The van der Waals surface area contributed by atoms with Gasteiger partial charge in [-0.1, -0.05) is 12.1 Å². The van der Waals surface area contributed by atoms with Crippen LogP contribution < -0.4 is 10.2 Å². The lowest BCUT2D eigenvalue weighted by molar-refractivity contribution is -0.138. The highest BCUT2D eigenvalue weighted by Gasteiger charge is 2.38. The molecule has 0 bridgehead atoms. The van der Waals surface area contributed by atoms with Gasteiger partial charge in [-0.25, -0.2) is 19.7 Å². The van der Waals surface area contributed by atoms with E-state index in [1.165, 1.54) is 48.6 Å². The first kappa shape index (κ1) is 24.3. The maximum Gasteiger partial charge on any atom is 0.416 e. The van der Waals surface area contributed by atoms with E-state index in [0.717, 1.165) is 6.07 Å². The first-order valence-electron chi connectivity index (χ1n) is 10.8. The van der Waals surface area contributed by atoms with E-state index in [1.54, 1.807) is 13.8 Å². The molecule has 2 N–H and O–H groups in total. The fourth-order valence-electron chi connectivity index (χ4n) is 3.74. The van der Waals surface area contributed by atoms with Crippen molar-refractivity contribution in [2.45, 2.75) is 45.1 Å². The smallest absolute Gasteiger partial charge is 0.416 e. The lowest BCUT2D eigenvalue weighted by atomic mass is 10.0. The molecular weight excluding hydrogens is 465 g/mol. The lowest BCUT2D eigenvalue weighted by Crippen LogP contribution is -2.41. The van der Waals surface area contributed by atoms with Crippen molar-refractivity contribution < 1.29 is 27.8 Å². The Kier molecular flexibility index (Phi) is 6.57. The molecule has 3 heterocycles. The van der Waals surface area contributed by atoms with Crippen molar-refractivity contribution in [3.8, 4) is 11.1 Å². The van der Waals surface area contributed by atoms with Crippen LogP contribution in [0.3, 0.4) is 0 Å². The van der Waals surface area contributed by atoms with Crippen LogP contribution in [0.2, 0.25) is 0 Å². The Hall–Kier alpha value is -3.80. The number of cyclic esters (lactones) is 1. The molecule has 1 saturated heterocycles. The standard InChI is InChI=1S/C23H23F3N6O3/c1-12-8-15(4-5-17(12)23(24,25)26)16-9-28-20(29-10-16)13(2)30-21-27-7-6-19(31-21)32-18(14(3)33)11-35-22(32)34/h4-10,13-14,18,33H,11H2,1-3H3,(H,27,30,31)/t13?,14-,18?/m1/s1. The molecule has 0 radical (unpaired) electrons. The predicted molar refractivity (Wildman–Crippen MR) is 121 cm³/mol. The number of nitrogens with one attached hydrogen (secondary N) is 1. The molecular formula is C23H23F3N6O3. The number of halogens is 3. The maximum atomic E-state index is 13.0. The van der Waals surface area contributed by atoms with Crippen molar-refractivity contribution >= 4 is 17.9 Å². The lowest BCUT2D eigenvalue weighted by Gasteiger charge is -2.23. The SMILES string of the molecule is Cc1cc(-c2cnc(C(C)Nc3nccc(N4C(=O)OCC4[C@@H](C)O)n3)nc2)ccc1C(F)(F)F. The van der Waals surface area contributed by atoms with Crippen LogP contribution in [-0.4, -0.2) is 49.9 Å². The molecule has 35 heavy (non-hydrogen) atoms. The Labute approximate surface area is 199 Å². The molecule has 1 aliphatic heterocycles. The first-order valence-corrected chi connectivity index (χ1v) is 10.8. The average Bonchev–Trinajstić information content (AvgIpc) is 3.20. The first-order chi connectivity index (χ1) is 16.5. The van der Waals surface area contributed by atoms with E-state index in [1.807, 2.05) is 0 Å². The summed E-state index contributed by atoms with van der Waals surface area (Å²) in [6.07, 6.45) is -1.28. The van der Waals surface area contributed by atoms with Crippen LogP contribution in [0.25, 0.3) is 11.1 Å². The number of aliphatic hydroxyl groups is 1. The highest BCUT2D eigenvalue weighted by molar-refractivity contribution is 5.89. The Morgan fingerprint density at radius 1 is 1.14 bits per heavy atom. The van der Waals surface area contributed by atoms with Crippen molar-refractivity contribution in [3.05, 3.63) is 59.8 Å². The second-order valence-electron chi connectivity index (χ2n) is 8.22. The number of aryl methyl sites for hydroxylation is 1. The maximum absolute atomic E-state index is 13.0. The summed E-state index contributed by atoms with van der Waals surface area (Å²) >= 11 is 0. The van der Waals surface area contributed by atoms with E-state index in [-0.39, 0.29) is 23.9 Å². The summed E-state index contributed by atoms with van der Waals surface area (Å²) in [7, 11) is 0. The summed E-state index contributed by atoms with van der Waals surface area (Å²) in [5.74, 6) is 0.899. The van der Waals surface area contributed by atoms with Gasteiger partial charge in [0, 0.05) is 24.2 Å². The molecule has 1 aliphatic rings. The quantitative estimate of drug-likeness (QED) is 0.532. The van der Waals surface area contributed by atoms with Crippen molar-refractivity contribution in [2.75, 3.05) is 16.8 Å². The average molecular weight is 488 g/mol. The molecule has 12 heteroatoms. The highest BCUT2D eigenvalue weighted by atomic mass is 19.4. The molecule has 4 rings (SSSR count). The van der Waals surface area contributed by atoms with E-state index in [2.05, 4.69) is 25.3 Å². The largest absolute Gasteiger partial charge is 0.447 e. The number of hydrogen-bond donors (Lipinski definition) is 2. The Balaban J connectivity index is 1.49. The zero-order valence-electron chi connectivity index (χ0n) is 19.1. The number of benzene rings is 1. The normalized spacial score (nSPS) is 17.7. The van der Waals surface area contributed by atoms with Gasteiger partial charge >= 0.3 is 12.3 Å². The zero-order chi connectivity index (χ0) is 25.3. The van der Waals surface area contributed by atoms with Crippen molar-refractivity contribution in [1.82, 2.24) is 19.9 Å². The van der Waals surface area contributed by atoms with Crippen LogP contribution in [0.4, 0.5) is 29.7 Å².